The third-order valence-electron chi connectivity index (χ3n) is 3.09. The van der Waals surface area contributed by atoms with E-state index < -0.39 is 11.6 Å². The SMILES string of the molecule is N#Cc1c(F)cccc1Nc1cnn(-c2ccccc2F)c1. The molecule has 0 atom stereocenters. The molecule has 0 bridgehead atoms. The summed E-state index contributed by atoms with van der Waals surface area (Å²) in [6.45, 7) is 0. The molecule has 0 amide bonds. The molecule has 2 aromatic carbocycles. The lowest BCUT2D eigenvalue weighted by molar-refractivity contribution is 0.611. The molecule has 108 valence electrons. The van der Waals surface area contributed by atoms with Gasteiger partial charge in [0.15, 0.2) is 0 Å². The van der Waals surface area contributed by atoms with Gasteiger partial charge in [-0.1, -0.05) is 18.2 Å². The van der Waals surface area contributed by atoms with Crippen LogP contribution in [0, 0.1) is 23.0 Å². The van der Waals surface area contributed by atoms with Crippen molar-refractivity contribution in [3.05, 3.63) is 72.1 Å². The Balaban J connectivity index is 1.92. The molecule has 0 saturated carbocycles. The largest absolute Gasteiger partial charge is 0.352 e. The quantitative estimate of drug-likeness (QED) is 0.800. The van der Waals surface area contributed by atoms with E-state index in [-0.39, 0.29) is 5.56 Å². The number of benzene rings is 2. The fourth-order valence-electron chi connectivity index (χ4n) is 2.05. The zero-order valence-corrected chi connectivity index (χ0v) is 11.3. The summed E-state index contributed by atoms with van der Waals surface area (Å²) < 4.78 is 28.6. The number of aromatic nitrogens is 2. The van der Waals surface area contributed by atoms with E-state index in [9.17, 15) is 8.78 Å². The van der Waals surface area contributed by atoms with Crippen molar-refractivity contribution < 1.29 is 8.78 Å². The van der Waals surface area contributed by atoms with E-state index >= 15 is 0 Å². The van der Waals surface area contributed by atoms with E-state index in [4.69, 9.17) is 5.26 Å². The molecule has 1 N–H and O–H groups in total. The highest BCUT2D eigenvalue weighted by molar-refractivity contribution is 5.66. The normalized spacial score (nSPS) is 10.2. The predicted molar refractivity (Wildman–Crippen MR) is 77.9 cm³/mol. The highest BCUT2D eigenvalue weighted by Crippen LogP contribution is 2.23. The zero-order valence-electron chi connectivity index (χ0n) is 11.3. The fourth-order valence-corrected chi connectivity index (χ4v) is 2.05. The van der Waals surface area contributed by atoms with Crippen LogP contribution in [0.3, 0.4) is 0 Å². The molecule has 3 rings (SSSR count). The Labute approximate surface area is 125 Å². The Hall–Kier alpha value is -3.20. The maximum Gasteiger partial charge on any atom is 0.148 e. The minimum atomic E-state index is -0.603. The second-order valence-corrected chi connectivity index (χ2v) is 4.52. The van der Waals surface area contributed by atoms with E-state index in [1.807, 2.05) is 0 Å². The van der Waals surface area contributed by atoms with Crippen molar-refractivity contribution in [3.8, 4) is 11.8 Å². The first kappa shape index (κ1) is 13.8. The van der Waals surface area contributed by atoms with Crippen molar-refractivity contribution in [3.63, 3.8) is 0 Å². The maximum atomic E-state index is 13.7. The third kappa shape index (κ3) is 2.52. The Morgan fingerprint density at radius 1 is 1.05 bits per heavy atom. The van der Waals surface area contributed by atoms with Gasteiger partial charge in [0.1, 0.15) is 29.0 Å². The molecule has 0 radical (unpaired) electrons. The number of para-hydroxylation sites is 1. The van der Waals surface area contributed by atoms with Gasteiger partial charge in [0.05, 0.1) is 23.8 Å². The topological polar surface area (TPSA) is 53.6 Å². The molecule has 0 aliphatic carbocycles. The van der Waals surface area contributed by atoms with Gasteiger partial charge >= 0.3 is 0 Å². The van der Waals surface area contributed by atoms with Crippen LogP contribution in [-0.2, 0) is 0 Å². The summed E-state index contributed by atoms with van der Waals surface area (Å²) >= 11 is 0. The summed E-state index contributed by atoms with van der Waals surface area (Å²) in [5.74, 6) is -1.00. The molecule has 0 spiro atoms. The second-order valence-electron chi connectivity index (χ2n) is 4.52. The summed E-state index contributed by atoms with van der Waals surface area (Å²) in [6.07, 6.45) is 3.03. The third-order valence-corrected chi connectivity index (χ3v) is 3.09. The number of anilines is 2. The first-order valence-corrected chi connectivity index (χ1v) is 6.44. The Kier molecular flexibility index (Phi) is 3.54. The van der Waals surface area contributed by atoms with E-state index in [2.05, 4.69) is 10.4 Å². The molecular weight excluding hydrogens is 286 g/mol. The number of nitriles is 1. The van der Waals surface area contributed by atoms with Crippen LogP contribution in [0.2, 0.25) is 0 Å². The molecule has 0 aliphatic heterocycles. The summed E-state index contributed by atoms with van der Waals surface area (Å²) in [7, 11) is 0. The van der Waals surface area contributed by atoms with Crippen LogP contribution in [0.5, 0.6) is 0 Å². The predicted octanol–water partition coefficient (Wildman–Crippen LogP) is 3.77. The molecule has 1 heterocycles. The van der Waals surface area contributed by atoms with Gasteiger partial charge in [0.25, 0.3) is 0 Å². The lowest BCUT2D eigenvalue weighted by Crippen LogP contribution is -1.97. The lowest BCUT2D eigenvalue weighted by atomic mass is 10.2. The van der Waals surface area contributed by atoms with Gasteiger partial charge in [0.2, 0.25) is 0 Å². The highest BCUT2D eigenvalue weighted by Gasteiger charge is 2.10. The number of nitrogens with zero attached hydrogens (tertiary/aromatic N) is 3. The summed E-state index contributed by atoms with van der Waals surface area (Å²) in [6, 6.07) is 12.3. The average Bonchev–Trinajstić information content (AvgIpc) is 2.96. The monoisotopic (exact) mass is 296 g/mol. The van der Waals surface area contributed by atoms with Crippen LogP contribution in [0.4, 0.5) is 20.2 Å². The average molecular weight is 296 g/mol. The Morgan fingerprint density at radius 2 is 1.82 bits per heavy atom. The number of hydrogen-bond donors (Lipinski definition) is 1. The number of nitrogens with one attached hydrogen (secondary N) is 1. The first-order valence-electron chi connectivity index (χ1n) is 6.44. The van der Waals surface area contributed by atoms with E-state index in [1.54, 1.807) is 36.5 Å². The summed E-state index contributed by atoms with van der Waals surface area (Å²) in [5.41, 5.74) is 1.07. The van der Waals surface area contributed by atoms with Crippen molar-refractivity contribution in [1.82, 2.24) is 9.78 Å². The van der Waals surface area contributed by atoms with Crippen molar-refractivity contribution in [2.75, 3.05) is 5.32 Å². The first-order chi connectivity index (χ1) is 10.7. The van der Waals surface area contributed by atoms with Gasteiger partial charge in [0, 0.05) is 0 Å². The minimum absolute atomic E-state index is 0.0823. The molecule has 0 fully saturated rings. The van der Waals surface area contributed by atoms with Gasteiger partial charge in [-0.05, 0) is 24.3 Å². The molecule has 0 aliphatic rings. The molecule has 0 saturated heterocycles. The van der Waals surface area contributed by atoms with Crippen molar-refractivity contribution in [1.29, 1.82) is 5.26 Å². The standard InChI is InChI=1S/C16H10F2N4/c17-13-5-3-6-15(12(13)8-19)21-11-9-20-22(10-11)16-7-2-1-4-14(16)18/h1-7,9-10,21H. The van der Waals surface area contributed by atoms with Crippen molar-refractivity contribution in [2.45, 2.75) is 0 Å². The highest BCUT2D eigenvalue weighted by atomic mass is 19.1. The van der Waals surface area contributed by atoms with Crippen LogP contribution < -0.4 is 5.32 Å². The molecule has 3 aromatic rings. The number of rotatable bonds is 3. The van der Waals surface area contributed by atoms with Crippen LogP contribution in [-0.4, -0.2) is 9.78 Å². The summed E-state index contributed by atoms with van der Waals surface area (Å²) in [4.78, 5) is 0. The van der Waals surface area contributed by atoms with Crippen LogP contribution in [0.15, 0.2) is 54.9 Å². The van der Waals surface area contributed by atoms with Gasteiger partial charge in [-0.3, -0.25) is 0 Å². The molecule has 4 nitrogen and oxygen atoms in total. The molecule has 1 aromatic heterocycles. The number of hydrogen-bond acceptors (Lipinski definition) is 3. The van der Waals surface area contributed by atoms with Gasteiger partial charge < -0.3 is 5.32 Å². The Morgan fingerprint density at radius 3 is 2.59 bits per heavy atom. The van der Waals surface area contributed by atoms with Crippen molar-refractivity contribution >= 4 is 11.4 Å². The van der Waals surface area contributed by atoms with Crippen LogP contribution >= 0.6 is 0 Å². The van der Waals surface area contributed by atoms with E-state index in [1.165, 1.54) is 29.1 Å². The molecule has 0 unspecified atom stereocenters. The van der Waals surface area contributed by atoms with Gasteiger partial charge in [-0.15, -0.1) is 0 Å². The smallest absolute Gasteiger partial charge is 0.148 e. The van der Waals surface area contributed by atoms with Crippen molar-refractivity contribution in [2.24, 2.45) is 0 Å². The molecule has 22 heavy (non-hydrogen) atoms. The zero-order chi connectivity index (χ0) is 15.5. The lowest BCUT2D eigenvalue weighted by Gasteiger charge is -2.06. The number of halogens is 2. The van der Waals surface area contributed by atoms with Gasteiger partial charge in [-0.25, -0.2) is 13.5 Å². The molecule has 6 heteroatoms. The van der Waals surface area contributed by atoms with E-state index in [0.29, 0.717) is 17.1 Å². The molecular formula is C16H10F2N4. The van der Waals surface area contributed by atoms with Crippen LogP contribution in [0.25, 0.3) is 5.69 Å². The maximum absolute atomic E-state index is 13.7. The van der Waals surface area contributed by atoms with E-state index in [0.717, 1.165) is 0 Å². The fraction of sp³-hybridized carbons (Fsp3) is 0. The van der Waals surface area contributed by atoms with Gasteiger partial charge in [-0.2, -0.15) is 10.4 Å². The Bertz CT molecular complexity index is 865. The summed E-state index contributed by atoms with van der Waals surface area (Å²) in [5, 5.41) is 16.0. The minimum Gasteiger partial charge on any atom is -0.352 e. The second kappa shape index (κ2) is 5.66. The van der Waals surface area contributed by atoms with Crippen LogP contribution in [0.1, 0.15) is 5.56 Å².